The number of hydrogen-bond donors (Lipinski definition) is 0. The zero-order valence-corrected chi connectivity index (χ0v) is 12.8. The zero-order chi connectivity index (χ0) is 17.5. The summed E-state index contributed by atoms with van der Waals surface area (Å²) in [5.74, 6) is -0.463. The number of aromatic nitrogens is 2. The van der Waals surface area contributed by atoms with Crippen molar-refractivity contribution in [1.29, 1.82) is 0 Å². The van der Waals surface area contributed by atoms with Gasteiger partial charge < -0.3 is 4.90 Å². The first-order chi connectivity index (χ1) is 11.2. The van der Waals surface area contributed by atoms with Crippen molar-refractivity contribution in [1.82, 2.24) is 14.7 Å². The van der Waals surface area contributed by atoms with Gasteiger partial charge >= 0.3 is 11.9 Å². The van der Waals surface area contributed by atoms with Gasteiger partial charge in [-0.05, 0) is 25.7 Å². The summed E-state index contributed by atoms with van der Waals surface area (Å²) in [6, 6.07) is -0.0831. The molecule has 2 fully saturated rings. The largest absolute Gasteiger partial charge is 0.395 e. The highest BCUT2D eigenvalue weighted by atomic mass is 19.4. The normalized spacial score (nSPS) is 20.9. The number of nitrogens with zero attached hydrogens (tertiary/aromatic N) is 4. The maximum Gasteiger partial charge on any atom is 0.395 e. The second-order valence-electron chi connectivity index (χ2n) is 6.50. The molecule has 1 aliphatic carbocycles. The van der Waals surface area contributed by atoms with Crippen LogP contribution in [0, 0.1) is 15.5 Å². The van der Waals surface area contributed by atoms with Crippen LogP contribution in [-0.2, 0) is 4.79 Å². The van der Waals surface area contributed by atoms with E-state index in [9.17, 15) is 28.1 Å². The van der Waals surface area contributed by atoms with E-state index >= 15 is 0 Å². The van der Waals surface area contributed by atoms with E-state index < -0.39 is 28.8 Å². The average molecular weight is 346 g/mol. The van der Waals surface area contributed by atoms with Crippen LogP contribution in [0.3, 0.4) is 0 Å². The maximum absolute atomic E-state index is 12.9. The van der Waals surface area contributed by atoms with Gasteiger partial charge in [-0.2, -0.15) is 18.3 Å². The highest BCUT2D eigenvalue weighted by Gasteiger charge is 2.64. The van der Waals surface area contributed by atoms with E-state index in [0.29, 0.717) is 25.9 Å². The molecule has 10 heteroatoms. The molecule has 1 aromatic rings. The molecule has 2 heterocycles. The van der Waals surface area contributed by atoms with E-state index in [-0.39, 0.29) is 24.6 Å². The van der Waals surface area contributed by atoms with Gasteiger partial charge in [0.05, 0.1) is 16.4 Å². The molecule has 0 radical (unpaired) electrons. The summed E-state index contributed by atoms with van der Waals surface area (Å²) in [7, 11) is 0. The molecule has 0 unspecified atom stereocenters. The smallest absolute Gasteiger partial charge is 0.343 e. The quantitative estimate of drug-likeness (QED) is 0.620. The summed E-state index contributed by atoms with van der Waals surface area (Å²) in [4.78, 5) is 23.7. The first kappa shape index (κ1) is 16.7. The molecular weight excluding hydrogens is 329 g/mol. The Kier molecular flexibility index (Phi) is 4.00. The molecule has 0 atom stereocenters. The number of alkyl halides is 3. The molecule has 0 bridgehead atoms. The van der Waals surface area contributed by atoms with Gasteiger partial charge in [0, 0.05) is 19.5 Å². The van der Waals surface area contributed by atoms with Gasteiger partial charge in [-0.3, -0.25) is 19.6 Å². The second-order valence-corrected chi connectivity index (χ2v) is 6.50. The van der Waals surface area contributed by atoms with Crippen LogP contribution in [0.25, 0.3) is 0 Å². The fourth-order valence-corrected chi connectivity index (χ4v) is 3.11. The predicted molar refractivity (Wildman–Crippen MR) is 76.1 cm³/mol. The van der Waals surface area contributed by atoms with E-state index in [2.05, 4.69) is 5.10 Å². The third-order valence-corrected chi connectivity index (χ3v) is 4.93. The summed E-state index contributed by atoms with van der Waals surface area (Å²) < 4.78 is 40.3. The Balaban J connectivity index is 1.55. The highest BCUT2D eigenvalue weighted by molar-refractivity contribution is 5.77. The number of halogens is 3. The molecule has 1 aliphatic heterocycles. The number of amides is 1. The van der Waals surface area contributed by atoms with Crippen molar-refractivity contribution in [3.63, 3.8) is 0 Å². The fourth-order valence-electron chi connectivity index (χ4n) is 3.11. The van der Waals surface area contributed by atoms with Crippen LogP contribution in [-0.4, -0.2) is 44.8 Å². The molecule has 1 aromatic heterocycles. The monoisotopic (exact) mass is 346 g/mol. The first-order valence-electron chi connectivity index (χ1n) is 7.75. The topological polar surface area (TPSA) is 81.3 Å². The minimum Gasteiger partial charge on any atom is -0.343 e. The van der Waals surface area contributed by atoms with E-state index in [0.717, 1.165) is 6.20 Å². The van der Waals surface area contributed by atoms with Crippen LogP contribution in [0.2, 0.25) is 0 Å². The molecule has 0 aromatic carbocycles. The van der Waals surface area contributed by atoms with Gasteiger partial charge in [-0.25, -0.2) is 0 Å². The number of hydrogen-bond acceptors (Lipinski definition) is 4. The van der Waals surface area contributed by atoms with E-state index in [1.54, 1.807) is 0 Å². The van der Waals surface area contributed by atoms with E-state index in [4.69, 9.17) is 0 Å². The van der Waals surface area contributed by atoms with Crippen molar-refractivity contribution >= 4 is 11.6 Å². The molecule has 0 spiro atoms. The Hall–Kier alpha value is -2.13. The van der Waals surface area contributed by atoms with E-state index in [1.165, 1.54) is 15.8 Å². The van der Waals surface area contributed by atoms with Crippen LogP contribution in [0.1, 0.15) is 38.1 Å². The van der Waals surface area contributed by atoms with Crippen molar-refractivity contribution < 1.29 is 22.9 Å². The molecule has 1 amide bonds. The fraction of sp³-hybridized carbons (Fsp3) is 0.714. The Morgan fingerprint density at radius 2 is 2.00 bits per heavy atom. The van der Waals surface area contributed by atoms with Gasteiger partial charge in [-0.1, -0.05) is 0 Å². The van der Waals surface area contributed by atoms with Gasteiger partial charge in [0.15, 0.2) is 0 Å². The van der Waals surface area contributed by atoms with Crippen molar-refractivity contribution in [3.8, 4) is 0 Å². The minimum absolute atomic E-state index is 0.0235. The van der Waals surface area contributed by atoms with Crippen LogP contribution in [0.5, 0.6) is 0 Å². The van der Waals surface area contributed by atoms with Gasteiger partial charge in [0.25, 0.3) is 0 Å². The molecule has 3 rings (SSSR count). The van der Waals surface area contributed by atoms with Crippen molar-refractivity contribution in [2.75, 3.05) is 13.1 Å². The summed E-state index contributed by atoms with van der Waals surface area (Å²) in [6.45, 7) is 0.677. The molecule has 0 N–H and O–H groups in total. The molecule has 1 saturated heterocycles. The van der Waals surface area contributed by atoms with Crippen molar-refractivity contribution in [2.45, 2.75) is 44.3 Å². The number of rotatable bonds is 4. The average Bonchev–Trinajstić information content (AvgIpc) is 3.13. The highest BCUT2D eigenvalue weighted by Crippen LogP contribution is 2.60. The summed E-state index contributed by atoms with van der Waals surface area (Å²) in [6.07, 6.45) is -1.22. The van der Waals surface area contributed by atoms with Gasteiger partial charge in [0.2, 0.25) is 5.91 Å². The van der Waals surface area contributed by atoms with E-state index in [1.807, 2.05) is 0 Å². The first-order valence-corrected chi connectivity index (χ1v) is 7.75. The standard InChI is InChI=1S/C14H17F3N4O3/c15-14(16,17)13(3-4-13)7-12(22)19-5-1-10(2-6-19)20-9-11(8-18-20)21(23)24/h8-10H,1-7H2. The molecule has 132 valence electrons. The Morgan fingerprint density at radius 3 is 2.46 bits per heavy atom. The van der Waals surface area contributed by atoms with Crippen LogP contribution in [0.4, 0.5) is 18.9 Å². The number of carbonyl (C=O) groups excluding carboxylic acids is 1. The predicted octanol–water partition coefficient (Wildman–Crippen LogP) is 2.69. The number of piperidine rings is 1. The van der Waals surface area contributed by atoms with Crippen molar-refractivity contribution in [3.05, 3.63) is 22.5 Å². The lowest BCUT2D eigenvalue weighted by molar-refractivity contribution is -0.385. The molecule has 2 aliphatic rings. The number of carbonyl (C=O) groups is 1. The lowest BCUT2D eigenvalue weighted by Crippen LogP contribution is -2.41. The summed E-state index contributed by atoms with van der Waals surface area (Å²) in [5.41, 5.74) is -1.92. The molecule has 1 saturated carbocycles. The lowest BCUT2D eigenvalue weighted by Gasteiger charge is -2.33. The molecular formula is C14H17F3N4O3. The summed E-state index contributed by atoms with van der Waals surface area (Å²) in [5, 5.41) is 14.6. The van der Waals surface area contributed by atoms with Gasteiger partial charge in [0.1, 0.15) is 12.4 Å². The minimum atomic E-state index is -4.32. The number of nitro groups is 1. The Bertz CT molecular complexity index is 646. The summed E-state index contributed by atoms with van der Waals surface area (Å²) >= 11 is 0. The Morgan fingerprint density at radius 1 is 1.38 bits per heavy atom. The Labute approximate surface area is 135 Å². The van der Waals surface area contributed by atoms with Crippen LogP contribution in [0.15, 0.2) is 12.4 Å². The number of likely N-dealkylation sites (tertiary alicyclic amines) is 1. The SMILES string of the molecule is O=C(CC1(C(F)(F)F)CC1)N1CCC(n2cc([N+](=O)[O-])cn2)CC1. The third kappa shape index (κ3) is 3.09. The lowest BCUT2D eigenvalue weighted by atomic mass is 9.99. The third-order valence-electron chi connectivity index (χ3n) is 4.93. The zero-order valence-electron chi connectivity index (χ0n) is 12.8. The van der Waals surface area contributed by atoms with Gasteiger partial charge in [-0.15, -0.1) is 0 Å². The van der Waals surface area contributed by atoms with Crippen molar-refractivity contribution in [2.24, 2.45) is 5.41 Å². The van der Waals surface area contributed by atoms with Crippen LogP contribution < -0.4 is 0 Å². The molecule has 7 nitrogen and oxygen atoms in total. The second kappa shape index (κ2) is 5.75. The van der Waals surface area contributed by atoms with Crippen LogP contribution >= 0.6 is 0 Å². The maximum atomic E-state index is 12.9. The molecule has 24 heavy (non-hydrogen) atoms.